The lowest BCUT2D eigenvalue weighted by Gasteiger charge is -2.39. The molecule has 2 aromatic carbocycles. The van der Waals surface area contributed by atoms with E-state index in [1.54, 1.807) is 6.08 Å². The largest absolute Gasteiger partial charge is 0.541 e. The molecule has 0 N–H and O–H groups in total. The predicted molar refractivity (Wildman–Crippen MR) is 167 cm³/mol. The molecule has 0 aliphatic heterocycles. The summed E-state index contributed by atoms with van der Waals surface area (Å²) in [6, 6.07) is 13.5. The number of aliphatic imine (C=N–C) groups is 1. The quantitative estimate of drug-likeness (QED) is 0.0939. The maximum atomic E-state index is 12.4. The van der Waals surface area contributed by atoms with Gasteiger partial charge in [0, 0.05) is 12.5 Å². The number of rotatable bonds is 10. The Labute approximate surface area is 236 Å². The van der Waals surface area contributed by atoms with Crippen molar-refractivity contribution < 1.29 is 18.4 Å². The van der Waals surface area contributed by atoms with Gasteiger partial charge in [-0.1, -0.05) is 59.7 Å². The van der Waals surface area contributed by atoms with Crippen LogP contribution in [0.25, 0.3) is 6.08 Å². The number of thiocarbonyl (C=S) groups is 1. The first-order valence-electron chi connectivity index (χ1n) is 13.0. The number of isothiocyanates is 1. The number of nitrogens with zero attached hydrogens (tertiary/aromatic N) is 1. The maximum Gasteiger partial charge on any atom is 0.330 e. The molecule has 0 spiro atoms. The fourth-order valence-corrected chi connectivity index (χ4v) is 5.07. The average molecular weight is 570 g/mol. The molecule has 5 nitrogen and oxygen atoms in total. The fourth-order valence-electron chi connectivity index (χ4n) is 2.92. The highest BCUT2D eigenvalue weighted by Crippen LogP contribution is 2.43. The molecule has 0 atom stereocenters. The van der Waals surface area contributed by atoms with E-state index in [2.05, 4.69) is 90.1 Å². The standard InChI is InChI=1S/C30H43NO4SSi2/c1-29(2,3)37(7,8)34-26-17-13-24(21-27(26)35-38(9,10)30(4,5)6)14-18-28(32)33-20-19-23-11-15-25(16-12-23)31-22-36/h11-18,21H,19-20H2,1-10H3/b18-14+. The minimum atomic E-state index is -2.12. The summed E-state index contributed by atoms with van der Waals surface area (Å²) in [7, 11) is -4.19. The van der Waals surface area contributed by atoms with E-state index in [9.17, 15) is 4.79 Å². The molecule has 0 aliphatic rings. The van der Waals surface area contributed by atoms with Crippen LogP contribution in [0.2, 0.25) is 36.3 Å². The zero-order valence-electron chi connectivity index (χ0n) is 24.6. The molecule has 206 valence electrons. The Hall–Kier alpha value is -2.52. The Morgan fingerprint density at radius 3 is 1.97 bits per heavy atom. The molecule has 2 rings (SSSR count). The minimum absolute atomic E-state index is 0.0359. The second-order valence-electron chi connectivity index (χ2n) is 12.6. The third-order valence-corrected chi connectivity index (χ3v) is 16.2. The Kier molecular flexibility index (Phi) is 10.5. The highest BCUT2D eigenvalue weighted by molar-refractivity contribution is 7.78. The maximum absolute atomic E-state index is 12.4. The van der Waals surface area contributed by atoms with Crippen molar-refractivity contribution in [1.82, 2.24) is 0 Å². The van der Waals surface area contributed by atoms with Crippen LogP contribution in [0.1, 0.15) is 52.7 Å². The van der Waals surface area contributed by atoms with Crippen molar-refractivity contribution >= 4 is 51.7 Å². The van der Waals surface area contributed by atoms with E-state index in [0.29, 0.717) is 6.42 Å². The normalized spacial score (nSPS) is 12.7. The van der Waals surface area contributed by atoms with Gasteiger partial charge in [0.2, 0.25) is 0 Å². The molecule has 0 fully saturated rings. The van der Waals surface area contributed by atoms with Crippen LogP contribution in [0.4, 0.5) is 5.69 Å². The van der Waals surface area contributed by atoms with Gasteiger partial charge in [0.05, 0.1) is 17.5 Å². The molecule has 0 unspecified atom stereocenters. The van der Waals surface area contributed by atoms with Gasteiger partial charge in [0.25, 0.3) is 16.6 Å². The lowest BCUT2D eigenvalue weighted by atomic mass is 10.1. The summed E-state index contributed by atoms with van der Waals surface area (Å²) >= 11 is 4.62. The first-order chi connectivity index (χ1) is 17.4. The van der Waals surface area contributed by atoms with Gasteiger partial charge < -0.3 is 13.6 Å². The molecular formula is C30H43NO4SSi2. The molecule has 0 heterocycles. The lowest BCUT2D eigenvalue weighted by Crippen LogP contribution is -2.45. The third kappa shape index (κ3) is 9.05. The first-order valence-corrected chi connectivity index (χ1v) is 19.2. The van der Waals surface area contributed by atoms with Crippen LogP contribution < -0.4 is 8.85 Å². The number of carbonyl (C=O) groups excluding carboxylic acids is 1. The van der Waals surface area contributed by atoms with Gasteiger partial charge in [-0.25, -0.2) is 4.79 Å². The van der Waals surface area contributed by atoms with Crippen LogP contribution in [-0.4, -0.2) is 34.4 Å². The molecule has 0 amide bonds. The molecule has 0 saturated carbocycles. The van der Waals surface area contributed by atoms with Gasteiger partial charge in [-0.3, -0.25) is 0 Å². The number of ether oxygens (including phenoxy) is 1. The summed E-state index contributed by atoms with van der Waals surface area (Å²) in [5.41, 5.74) is 2.66. The van der Waals surface area contributed by atoms with Gasteiger partial charge >= 0.3 is 5.97 Å². The highest BCUT2D eigenvalue weighted by atomic mass is 32.1. The number of hydrogen-bond donors (Lipinski definition) is 0. The summed E-state index contributed by atoms with van der Waals surface area (Å²) in [5, 5.41) is 2.44. The van der Waals surface area contributed by atoms with Gasteiger partial charge in [0.15, 0.2) is 0 Å². The van der Waals surface area contributed by atoms with Crippen LogP contribution in [0.15, 0.2) is 53.5 Å². The Morgan fingerprint density at radius 1 is 0.895 bits per heavy atom. The zero-order valence-corrected chi connectivity index (χ0v) is 27.4. The molecule has 0 bridgehead atoms. The van der Waals surface area contributed by atoms with Gasteiger partial charge in [-0.15, -0.1) is 0 Å². The van der Waals surface area contributed by atoms with Crippen molar-refractivity contribution in [1.29, 1.82) is 0 Å². The molecule has 0 aliphatic carbocycles. The number of hydrogen-bond acceptors (Lipinski definition) is 6. The van der Waals surface area contributed by atoms with E-state index in [1.807, 2.05) is 42.5 Å². The van der Waals surface area contributed by atoms with Crippen LogP contribution in [0.5, 0.6) is 11.5 Å². The van der Waals surface area contributed by atoms with Crippen molar-refractivity contribution in [2.75, 3.05) is 6.61 Å². The Bertz CT molecular complexity index is 1190. The monoisotopic (exact) mass is 569 g/mol. The lowest BCUT2D eigenvalue weighted by molar-refractivity contribution is -0.137. The van der Waals surface area contributed by atoms with E-state index in [4.69, 9.17) is 13.6 Å². The van der Waals surface area contributed by atoms with Gasteiger partial charge in [0.1, 0.15) is 11.5 Å². The average Bonchev–Trinajstić information content (AvgIpc) is 2.78. The van der Waals surface area contributed by atoms with Crippen LogP contribution in [0.3, 0.4) is 0 Å². The van der Waals surface area contributed by atoms with E-state index in [-0.39, 0.29) is 22.7 Å². The highest BCUT2D eigenvalue weighted by Gasteiger charge is 2.42. The second kappa shape index (κ2) is 12.6. The smallest absolute Gasteiger partial charge is 0.330 e. The van der Waals surface area contributed by atoms with Crippen molar-refractivity contribution in [2.45, 2.75) is 84.2 Å². The van der Waals surface area contributed by atoms with E-state index < -0.39 is 16.6 Å². The summed E-state index contributed by atoms with van der Waals surface area (Å²) in [6.07, 6.45) is 3.83. The van der Waals surface area contributed by atoms with E-state index in [0.717, 1.165) is 28.3 Å². The van der Waals surface area contributed by atoms with Crippen LogP contribution >= 0.6 is 12.2 Å². The topological polar surface area (TPSA) is 57.1 Å². The van der Waals surface area contributed by atoms with Gasteiger partial charge in [-0.05, 0) is 90.0 Å². The van der Waals surface area contributed by atoms with E-state index in [1.165, 1.54) is 6.08 Å². The number of carbonyl (C=O) groups is 1. The van der Waals surface area contributed by atoms with Crippen LogP contribution in [0, 0.1) is 0 Å². The Morgan fingerprint density at radius 2 is 1.45 bits per heavy atom. The molecule has 2 aromatic rings. The summed E-state index contributed by atoms with van der Waals surface area (Å²) in [4.78, 5) is 16.3. The molecular weight excluding hydrogens is 527 g/mol. The fraction of sp³-hybridized carbons (Fsp3) is 0.467. The van der Waals surface area contributed by atoms with Crippen molar-refractivity contribution in [3.05, 3.63) is 59.7 Å². The molecule has 0 radical (unpaired) electrons. The third-order valence-electron chi connectivity index (χ3n) is 7.47. The molecule has 0 aromatic heterocycles. The number of esters is 1. The second-order valence-corrected chi connectivity index (χ2v) is 22.2. The van der Waals surface area contributed by atoms with Crippen molar-refractivity contribution in [2.24, 2.45) is 4.99 Å². The minimum Gasteiger partial charge on any atom is -0.541 e. The van der Waals surface area contributed by atoms with Gasteiger partial charge in [-0.2, -0.15) is 4.99 Å². The SMILES string of the molecule is CC(C)(C)[Si](C)(C)Oc1ccc(/C=C/C(=O)OCCc2ccc(N=C=S)cc2)cc1O[Si](C)(C)C(C)(C)C. The molecule has 8 heteroatoms. The Balaban J connectivity index is 2.17. The van der Waals surface area contributed by atoms with Crippen molar-refractivity contribution in [3.8, 4) is 11.5 Å². The number of benzene rings is 2. The van der Waals surface area contributed by atoms with E-state index >= 15 is 0 Å². The first kappa shape index (κ1) is 31.7. The molecule has 38 heavy (non-hydrogen) atoms. The van der Waals surface area contributed by atoms with Crippen LogP contribution in [-0.2, 0) is 16.0 Å². The predicted octanol–water partition coefficient (Wildman–Crippen LogP) is 8.99. The summed E-state index contributed by atoms with van der Waals surface area (Å²) in [5.74, 6) is 1.11. The zero-order chi connectivity index (χ0) is 28.8. The summed E-state index contributed by atoms with van der Waals surface area (Å²) in [6.45, 7) is 22.5. The summed E-state index contributed by atoms with van der Waals surface area (Å²) < 4.78 is 18.8. The molecule has 0 saturated heterocycles. The van der Waals surface area contributed by atoms with Crippen molar-refractivity contribution in [3.63, 3.8) is 0 Å².